The summed E-state index contributed by atoms with van der Waals surface area (Å²) in [6, 6.07) is 7.93. The third-order valence-corrected chi connectivity index (χ3v) is 6.50. The number of morpholine rings is 1. The van der Waals surface area contributed by atoms with Gasteiger partial charge in [-0.1, -0.05) is 6.07 Å². The number of hydrogen-bond acceptors (Lipinski definition) is 7. The van der Waals surface area contributed by atoms with Crippen LogP contribution in [0.25, 0.3) is 39.4 Å². The molecule has 4 aromatic heterocycles. The monoisotopic (exact) mass is 473 g/mol. The molecule has 1 saturated heterocycles. The number of rotatable bonds is 6. The molecule has 0 aliphatic carbocycles. The van der Waals surface area contributed by atoms with Gasteiger partial charge in [0.1, 0.15) is 17.7 Å². The molecule has 0 atom stereocenters. The van der Waals surface area contributed by atoms with Gasteiger partial charge in [0.2, 0.25) is 0 Å². The molecule has 10 nitrogen and oxygen atoms in total. The lowest BCUT2D eigenvalue weighted by atomic mass is 10.1. The van der Waals surface area contributed by atoms with Crippen molar-refractivity contribution in [3.05, 3.63) is 59.6 Å². The molecule has 0 bridgehead atoms. The van der Waals surface area contributed by atoms with Crippen LogP contribution >= 0.6 is 0 Å². The number of aromatic nitrogens is 6. The molecule has 6 rings (SSSR count). The van der Waals surface area contributed by atoms with E-state index in [1.807, 2.05) is 45.7 Å². The molecule has 1 aromatic carbocycles. The number of benzene rings is 1. The summed E-state index contributed by atoms with van der Waals surface area (Å²) in [6.07, 6.45) is 7.02. The molecule has 5 heterocycles. The van der Waals surface area contributed by atoms with E-state index in [2.05, 4.69) is 23.7 Å². The van der Waals surface area contributed by atoms with Crippen LogP contribution in [-0.2, 0) is 11.3 Å². The molecule has 10 heteroatoms. The highest BCUT2D eigenvalue weighted by Crippen LogP contribution is 2.33. The minimum Gasteiger partial charge on any atom is -0.432 e. The number of ether oxygens (including phenoxy) is 1. The summed E-state index contributed by atoms with van der Waals surface area (Å²) < 4.78 is 16.5. The van der Waals surface area contributed by atoms with Crippen molar-refractivity contribution in [1.82, 2.24) is 33.6 Å². The Hall–Kier alpha value is -3.76. The van der Waals surface area contributed by atoms with Crippen molar-refractivity contribution in [3.63, 3.8) is 0 Å². The maximum atomic E-state index is 13.4. The van der Waals surface area contributed by atoms with Crippen LogP contribution < -0.4 is 5.56 Å². The highest BCUT2D eigenvalue weighted by atomic mass is 16.5. The van der Waals surface area contributed by atoms with Gasteiger partial charge in [-0.3, -0.25) is 23.3 Å². The molecule has 180 valence electrons. The predicted octanol–water partition coefficient (Wildman–Crippen LogP) is 3.08. The number of hydrogen-bond donors (Lipinski definition) is 0. The normalized spacial score (nSPS) is 15.1. The van der Waals surface area contributed by atoms with Gasteiger partial charge in [0.25, 0.3) is 5.56 Å². The van der Waals surface area contributed by atoms with E-state index in [0.29, 0.717) is 29.0 Å². The third kappa shape index (κ3) is 3.94. The number of imidazole rings is 1. The first-order valence-corrected chi connectivity index (χ1v) is 11.9. The molecule has 5 aromatic rings. The second-order valence-electron chi connectivity index (χ2n) is 9.07. The molecule has 35 heavy (non-hydrogen) atoms. The fourth-order valence-electron chi connectivity index (χ4n) is 4.53. The number of fused-ring (bicyclic) bond motifs is 2. The molecule has 0 N–H and O–H groups in total. The first-order valence-electron chi connectivity index (χ1n) is 11.9. The number of oxazole rings is 1. The maximum absolute atomic E-state index is 13.4. The molecule has 1 fully saturated rings. The van der Waals surface area contributed by atoms with E-state index in [1.165, 1.54) is 0 Å². The Balaban J connectivity index is 1.41. The van der Waals surface area contributed by atoms with E-state index in [-0.39, 0.29) is 11.6 Å². The van der Waals surface area contributed by atoms with Crippen molar-refractivity contribution in [1.29, 1.82) is 0 Å². The topological polar surface area (TPSA) is 95.6 Å². The predicted molar refractivity (Wildman–Crippen MR) is 131 cm³/mol. The summed E-state index contributed by atoms with van der Waals surface area (Å²) >= 11 is 0. The first kappa shape index (κ1) is 21.8. The van der Waals surface area contributed by atoms with Crippen molar-refractivity contribution < 1.29 is 9.15 Å². The molecule has 0 radical (unpaired) electrons. The molecule has 0 amide bonds. The largest absolute Gasteiger partial charge is 0.432 e. The maximum Gasteiger partial charge on any atom is 0.306 e. The summed E-state index contributed by atoms with van der Waals surface area (Å²) in [4.78, 5) is 24.9. The van der Waals surface area contributed by atoms with Gasteiger partial charge in [-0.05, 0) is 32.0 Å². The van der Waals surface area contributed by atoms with Crippen LogP contribution in [0, 0.1) is 0 Å². The Labute approximate surface area is 201 Å². The fraction of sp³-hybridized carbons (Fsp3) is 0.360. The number of nitrogens with zero attached hydrogens (tertiary/aromatic N) is 7. The Kier molecular flexibility index (Phi) is 5.46. The molecular weight excluding hydrogens is 446 g/mol. The Morgan fingerprint density at radius 1 is 1.09 bits per heavy atom. The summed E-state index contributed by atoms with van der Waals surface area (Å²) in [6.45, 7) is 8.78. The first-order chi connectivity index (χ1) is 17.1. The van der Waals surface area contributed by atoms with E-state index >= 15 is 0 Å². The van der Waals surface area contributed by atoms with Crippen LogP contribution in [-0.4, -0.2) is 66.5 Å². The van der Waals surface area contributed by atoms with Crippen LogP contribution in [0.15, 0.2) is 58.5 Å². The summed E-state index contributed by atoms with van der Waals surface area (Å²) in [5, 5.41) is 5.28. The van der Waals surface area contributed by atoms with Crippen LogP contribution in [0.3, 0.4) is 0 Å². The molecule has 0 unspecified atom stereocenters. The molecule has 1 aliphatic heterocycles. The fourth-order valence-corrected chi connectivity index (χ4v) is 4.53. The lowest BCUT2D eigenvalue weighted by Crippen LogP contribution is -2.39. The van der Waals surface area contributed by atoms with E-state index in [9.17, 15) is 4.79 Å². The highest BCUT2D eigenvalue weighted by molar-refractivity contribution is 5.87. The van der Waals surface area contributed by atoms with Crippen LogP contribution in [0.1, 0.15) is 19.9 Å². The van der Waals surface area contributed by atoms with E-state index in [4.69, 9.17) is 19.2 Å². The SMILES string of the molecule is CC(C)n1ccc(-c2nc3occn3c2-c2ccc3ncn(CCN4CCOCC4)c(=O)c3c2)n1. The van der Waals surface area contributed by atoms with E-state index in [1.54, 1.807) is 17.2 Å². The van der Waals surface area contributed by atoms with Crippen LogP contribution in [0.5, 0.6) is 0 Å². The smallest absolute Gasteiger partial charge is 0.306 e. The molecule has 0 saturated carbocycles. The van der Waals surface area contributed by atoms with Gasteiger partial charge in [0.15, 0.2) is 0 Å². The van der Waals surface area contributed by atoms with E-state index < -0.39 is 0 Å². The molecular formula is C25H27N7O3. The van der Waals surface area contributed by atoms with Gasteiger partial charge in [-0.2, -0.15) is 10.1 Å². The Bertz CT molecular complexity index is 1550. The van der Waals surface area contributed by atoms with Crippen molar-refractivity contribution in [2.75, 3.05) is 32.8 Å². The van der Waals surface area contributed by atoms with Crippen LogP contribution in [0.4, 0.5) is 0 Å². The van der Waals surface area contributed by atoms with Gasteiger partial charge in [-0.15, -0.1) is 0 Å². The summed E-state index contributed by atoms with van der Waals surface area (Å²) in [5.74, 6) is 0.475. The zero-order valence-corrected chi connectivity index (χ0v) is 19.8. The van der Waals surface area contributed by atoms with Gasteiger partial charge >= 0.3 is 5.84 Å². The van der Waals surface area contributed by atoms with Crippen molar-refractivity contribution in [2.45, 2.75) is 26.4 Å². The van der Waals surface area contributed by atoms with Crippen molar-refractivity contribution in [2.24, 2.45) is 0 Å². The second kappa shape index (κ2) is 8.79. The standard InChI is InChI=1S/C25H27N7O3/c1-17(2)32-6-5-21(28-32)22-23(31-11-14-35-25(31)27-22)18-3-4-20-19(15-18)24(33)30(16-26-20)8-7-29-9-12-34-13-10-29/h3-6,11,14-17H,7-10,12-13H2,1-2H3. The molecule has 1 aliphatic rings. The minimum absolute atomic E-state index is 0.0521. The average molecular weight is 474 g/mol. The lowest BCUT2D eigenvalue weighted by Gasteiger charge is -2.26. The van der Waals surface area contributed by atoms with Crippen molar-refractivity contribution >= 4 is 16.7 Å². The highest BCUT2D eigenvalue weighted by Gasteiger charge is 2.21. The van der Waals surface area contributed by atoms with Crippen molar-refractivity contribution in [3.8, 4) is 22.6 Å². The quantitative estimate of drug-likeness (QED) is 0.374. The van der Waals surface area contributed by atoms with Gasteiger partial charge in [0.05, 0.1) is 36.1 Å². The van der Waals surface area contributed by atoms with Gasteiger partial charge < -0.3 is 9.15 Å². The summed E-state index contributed by atoms with van der Waals surface area (Å²) in [7, 11) is 0. The summed E-state index contributed by atoms with van der Waals surface area (Å²) in [5.41, 5.74) is 3.75. The minimum atomic E-state index is -0.0521. The van der Waals surface area contributed by atoms with Gasteiger partial charge in [0, 0.05) is 50.2 Å². The van der Waals surface area contributed by atoms with Crippen LogP contribution in [0.2, 0.25) is 0 Å². The van der Waals surface area contributed by atoms with Gasteiger partial charge in [-0.25, -0.2) is 4.98 Å². The zero-order valence-electron chi connectivity index (χ0n) is 19.8. The zero-order chi connectivity index (χ0) is 23.9. The van der Waals surface area contributed by atoms with E-state index in [0.717, 1.165) is 49.8 Å². The second-order valence-corrected chi connectivity index (χ2v) is 9.07. The Morgan fingerprint density at radius 2 is 1.94 bits per heavy atom. The Morgan fingerprint density at radius 3 is 2.74 bits per heavy atom. The lowest BCUT2D eigenvalue weighted by molar-refractivity contribution is 0.0362. The third-order valence-electron chi connectivity index (χ3n) is 6.50. The average Bonchev–Trinajstić information content (AvgIpc) is 3.60. The molecule has 0 spiro atoms.